The van der Waals surface area contributed by atoms with Gasteiger partial charge in [0.25, 0.3) is 5.91 Å². The monoisotopic (exact) mass is 446 g/mol. The fraction of sp³-hybridized carbons (Fsp3) is 0.519. The third-order valence-electron chi connectivity index (χ3n) is 8.43. The van der Waals surface area contributed by atoms with Crippen LogP contribution in [0.2, 0.25) is 0 Å². The molecule has 2 amide bonds. The second-order valence-corrected chi connectivity index (χ2v) is 10.1. The van der Waals surface area contributed by atoms with Gasteiger partial charge >= 0.3 is 0 Å². The molecule has 0 aliphatic carbocycles. The Hall–Kier alpha value is -2.73. The molecule has 2 spiro atoms. The van der Waals surface area contributed by atoms with Gasteiger partial charge in [0.05, 0.1) is 5.41 Å². The second kappa shape index (κ2) is 8.56. The molecule has 6 nitrogen and oxygen atoms in total. The highest BCUT2D eigenvalue weighted by atomic mass is 16.2. The van der Waals surface area contributed by atoms with E-state index in [4.69, 9.17) is 0 Å². The van der Waals surface area contributed by atoms with Gasteiger partial charge in [0.15, 0.2) is 0 Å². The maximum absolute atomic E-state index is 13.7. The Balaban J connectivity index is 1.38. The Kier molecular flexibility index (Phi) is 5.73. The maximum atomic E-state index is 13.7. The van der Waals surface area contributed by atoms with E-state index in [0.29, 0.717) is 5.91 Å². The minimum Gasteiger partial charge on any atom is -0.342 e. The molecule has 33 heavy (non-hydrogen) atoms. The number of nitrogens with zero attached hydrogens (tertiary/aromatic N) is 4. The topological polar surface area (TPSA) is 56.8 Å². The lowest BCUT2D eigenvalue weighted by Gasteiger charge is -2.47. The third kappa shape index (κ3) is 3.65. The Bertz CT molecular complexity index is 1030. The molecule has 1 aromatic carbocycles. The van der Waals surface area contributed by atoms with Crippen LogP contribution < -0.4 is 0 Å². The minimum atomic E-state index is -0.330. The summed E-state index contributed by atoms with van der Waals surface area (Å²) in [5.41, 5.74) is 2.60. The van der Waals surface area contributed by atoms with Gasteiger partial charge in [0, 0.05) is 69.2 Å². The summed E-state index contributed by atoms with van der Waals surface area (Å²) in [6, 6.07) is 11.9. The SMILES string of the molecule is CCN1CC[C@]2(CN(Cc3cccnc3)CC23CCN(C(=O)c2ccccc2C)CC3)C1=O. The van der Waals surface area contributed by atoms with Crippen molar-refractivity contribution in [3.05, 3.63) is 65.5 Å². The lowest BCUT2D eigenvalue weighted by molar-refractivity contribution is -0.141. The summed E-state index contributed by atoms with van der Waals surface area (Å²) in [5.74, 6) is 0.451. The molecule has 0 bridgehead atoms. The van der Waals surface area contributed by atoms with Crippen LogP contribution in [0.15, 0.2) is 48.8 Å². The van der Waals surface area contributed by atoms with Crippen molar-refractivity contribution in [2.45, 2.75) is 39.7 Å². The molecule has 0 saturated carbocycles. The number of carbonyl (C=O) groups excluding carboxylic acids is 2. The highest BCUT2D eigenvalue weighted by Crippen LogP contribution is 2.58. The highest BCUT2D eigenvalue weighted by Gasteiger charge is 2.64. The number of piperidine rings is 1. The van der Waals surface area contributed by atoms with Crippen LogP contribution in [0.3, 0.4) is 0 Å². The first-order valence-electron chi connectivity index (χ1n) is 12.2. The number of pyridine rings is 1. The van der Waals surface area contributed by atoms with Crippen molar-refractivity contribution in [2.75, 3.05) is 39.3 Å². The van der Waals surface area contributed by atoms with Crippen LogP contribution in [-0.4, -0.2) is 70.8 Å². The summed E-state index contributed by atoms with van der Waals surface area (Å²) in [4.78, 5) is 37.7. The lowest BCUT2D eigenvalue weighted by Crippen LogP contribution is -2.53. The molecule has 5 rings (SSSR count). The number of benzene rings is 1. The van der Waals surface area contributed by atoms with Crippen molar-refractivity contribution in [1.82, 2.24) is 19.7 Å². The van der Waals surface area contributed by atoms with Gasteiger partial charge < -0.3 is 9.80 Å². The molecule has 4 heterocycles. The number of rotatable bonds is 4. The van der Waals surface area contributed by atoms with E-state index < -0.39 is 0 Å². The van der Waals surface area contributed by atoms with Gasteiger partial charge in [0.1, 0.15) is 0 Å². The maximum Gasteiger partial charge on any atom is 0.254 e. The van der Waals surface area contributed by atoms with Gasteiger partial charge in [-0.25, -0.2) is 0 Å². The van der Waals surface area contributed by atoms with E-state index in [1.165, 1.54) is 5.56 Å². The molecule has 1 aromatic heterocycles. The van der Waals surface area contributed by atoms with Crippen LogP contribution in [0.1, 0.15) is 47.7 Å². The van der Waals surface area contributed by atoms with Crippen LogP contribution in [0.4, 0.5) is 0 Å². The molecule has 2 aromatic rings. The van der Waals surface area contributed by atoms with Crippen molar-refractivity contribution in [2.24, 2.45) is 10.8 Å². The Morgan fingerprint density at radius 3 is 2.48 bits per heavy atom. The molecule has 0 N–H and O–H groups in total. The van der Waals surface area contributed by atoms with Gasteiger partial charge in [-0.2, -0.15) is 0 Å². The van der Waals surface area contributed by atoms with E-state index in [0.717, 1.165) is 76.2 Å². The van der Waals surface area contributed by atoms with Crippen molar-refractivity contribution in [3.8, 4) is 0 Å². The van der Waals surface area contributed by atoms with Gasteiger partial charge in [-0.05, 0) is 56.4 Å². The summed E-state index contributed by atoms with van der Waals surface area (Å²) in [6.07, 6.45) is 6.43. The standard InChI is InChI=1S/C27H34N4O2/c1-3-30-16-12-27(25(30)33)20-29(18-22-8-6-13-28-17-22)19-26(27)10-14-31(15-11-26)24(32)23-9-5-4-7-21(23)2/h4-9,13,17H,3,10-12,14-16,18-20H2,1-2H3/t27-/m0/s1. The van der Waals surface area contributed by atoms with Crippen LogP contribution in [-0.2, 0) is 11.3 Å². The van der Waals surface area contributed by atoms with Gasteiger partial charge in [-0.15, -0.1) is 0 Å². The largest absolute Gasteiger partial charge is 0.342 e. The molecule has 0 radical (unpaired) electrons. The third-order valence-corrected chi connectivity index (χ3v) is 8.43. The van der Waals surface area contributed by atoms with E-state index in [2.05, 4.69) is 22.9 Å². The van der Waals surface area contributed by atoms with Crippen LogP contribution in [0, 0.1) is 17.8 Å². The zero-order valence-electron chi connectivity index (χ0n) is 19.8. The number of hydrogen-bond donors (Lipinski definition) is 0. The Morgan fingerprint density at radius 2 is 1.82 bits per heavy atom. The Morgan fingerprint density at radius 1 is 1.03 bits per heavy atom. The molecular weight excluding hydrogens is 412 g/mol. The number of carbonyl (C=O) groups is 2. The lowest BCUT2D eigenvalue weighted by atomic mass is 9.60. The predicted molar refractivity (Wildman–Crippen MR) is 128 cm³/mol. The average Bonchev–Trinajstić information content (AvgIpc) is 3.31. The molecular formula is C27H34N4O2. The smallest absolute Gasteiger partial charge is 0.254 e. The van der Waals surface area contributed by atoms with Crippen LogP contribution >= 0.6 is 0 Å². The second-order valence-electron chi connectivity index (χ2n) is 10.1. The summed E-state index contributed by atoms with van der Waals surface area (Å²) >= 11 is 0. The normalized spacial score (nSPS) is 24.8. The molecule has 3 aliphatic rings. The van der Waals surface area contributed by atoms with E-state index in [-0.39, 0.29) is 16.7 Å². The molecule has 3 saturated heterocycles. The number of amides is 2. The predicted octanol–water partition coefficient (Wildman–Crippen LogP) is 3.37. The number of aryl methyl sites for hydroxylation is 1. The molecule has 1 atom stereocenters. The van der Waals surface area contributed by atoms with E-state index in [9.17, 15) is 9.59 Å². The quantitative estimate of drug-likeness (QED) is 0.723. The van der Waals surface area contributed by atoms with Crippen molar-refractivity contribution in [3.63, 3.8) is 0 Å². The first-order valence-corrected chi connectivity index (χ1v) is 12.2. The number of fused-ring (bicyclic) bond motifs is 1. The fourth-order valence-electron chi connectivity index (χ4n) is 6.58. The number of aromatic nitrogens is 1. The summed E-state index contributed by atoms with van der Waals surface area (Å²) in [5, 5.41) is 0. The van der Waals surface area contributed by atoms with Crippen molar-refractivity contribution < 1.29 is 9.59 Å². The van der Waals surface area contributed by atoms with Crippen LogP contribution in [0.25, 0.3) is 0 Å². The van der Waals surface area contributed by atoms with Crippen molar-refractivity contribution >= 4 is 11.8 Å². The first kappa shape index (κ1) is 22.1. The van der Waals surface area contributed by atoms with Gasteiger partial charge in [-0.3, -0.25) is 19.5 Å². The zero-order valence-corrected chi connectivity index (χ0v) is 19.8. The summed E-state index contributed by atoms with van der Waals surface area (Å²) < 4.78 is 0. The molecule has 174 valence electrons. The van der Waals surface area contributed by atoms with Gasteiger partial charge in [-0.1, -0.05) is 24.3 Å². The number of hydrogen-bond acceptors (Lipinski definition) is 4. The van der Waals surface area contributed by atoms with Crippen molar-refractivity contribution in [1.29, 1.82) is 0 Å². The molecule has 0 unspecified atom stereocenters. The molecule has 6 heteroatoms. The van der Waals surface area contributed by atoms with Gasteiger partial charge in [0.2, 0.25) is 5.91 Å². The van der Waals surface area contributed by atoms with E-state index in [1.54, 1.807) is 6.20 Å². The summed E-state index contributed by atoms with van der Waals surface area (Å²) in [7, 11) is 0. The fourth-order valence-corrected chi connectivity index (χ4v) is 6.58. The highest BCUT2D eigenvalue weighted by molar-refractivity contribution is 5.95. The Labute approximate surface area is 196 Å². The molecule has 3 fully saturated rings. The summed E-state index contributed by atoms with van der Waals surface area (Å²) in [6.45, 7) is 9.68. The van der Waals surface area contributed by atoms with Crippen LogP contribution in [0.5, 0.6) is 0 Å². The van der Waals surface area contributed by atoms with E-state index in [1.807, 2.05) is 53.3 Å². The average molecular weight is 447 g/mol. The molecule has 3 aliphatic heterocycles. The minimum absolute atomic E-state index is 0.0707. The number of likely N-dealkylation sites (tertiary alicyclic amines) is 3. The zero-order chi connectivity index (χ0) is 23.1. The first-order chi connectivity index (χ1) is 16.0. The van der Waals surface area contributed by atoms with E-state index >= 15 is 0 Å².